The van der Waals surface area contributed by atoms with Gasteiger partial charge >= 0.3 is 0 Å². The summed E-state index contributed by atoms with van der Waals surface area (Å²) in [4.78, 5) is 9.37. The van der Waals surface area contributed by atoms with Crippen molar-refractivity contribution in [3.05, 3.63) is 42.0 Å². The Hall–Kier alpha value is -1.75. The van der Waals surface area contributed by atoms with E-state index in [2.05, 4.69) is 9.55 Å². The summed E-state index contributed by atoms with van der Waals surface area (Å²) in [5, 5.41) is 0. The van der Waals surface area contributed by atoms with Crippen LogP contribution < -0.4 is 0 Å². The van der Waals surface area contributed by atoms with Gasteiger partial charge in [0, 0.05) is 18.2 Å². The van der Waals surface area contributed by atoms with Crippen LogP contribution in [0.2, 0.25) is 0 Å². The van der Waals surface area contributed by atoms with Crippen LogP contribution in [0.3, 0.4) is 0 Å². The molecule has 0 amide bonds. The van der Waals surface area contributed by atoms with Crippen molar-refractivity contribution in [2.24, 2.45) is 0 Å². The fourth-order valence-electron chi connectivity index (χ4n) is 2.92. The van der Waals surface area contributed by atoms with E-state index in [1.807, 2.05) is 49.1 Å². The van der Waals surface area contributed by atoms with Gasteiger partial charge in [0.2, 0.25) is 5.88 Å². The van der Waals surface area contributed by atoms with Crippen molar-refractivity contribution >= 4 is 22.9 Å². The minimum absolute atomic E-state index is 0.492. The Balaban J connectivity index is 1.92. The lowest BCUT2D eigenvalue weighted by atomic mass is 10.0. The summed E-state index contributed by atoms with van der Waals surface area (Å²) < 4.78 is 7.95. The fourth-order valence-corrected chi connectivity index (χ4v) is 4.03. The second-order valence-electron chi connectivity index (χ2n) is 5.42. The van der Waals surface area contributed by atoms with Gasteiger partial charge in [-0.2, -0.15) is 11.8 Å². The molecule has 1 aliphatic heterocycles. The van der Waals surface area contributed by atoms with E-state index in [0.29, 0.717) is 5.92 Å². The summed E-state index contributed by atoms with van der Waals surface area (Å²) in [6.07, 6.45) is 4.16. The maximum absolute atomic E-state index is 5.85. The summed E-state index contributed by atoms with van der Waals surface area (Å²) in [5.41, 5.74) is 1.83. The molecule has 3 aromatic heterocycles. The Morgan fingerprint density at radius 1 is 1.24 bits per heavy atom. The lowest BCUT2D eigenvalue weighted by Gasteiger charge is -2.21. The summed E-state index contributed by atoms with van der Waals surface area (Å²) in [6.45, 7) is 1.97. The average molecular weight is 299 g/mol. The van der Waals surface area contributed by atoms with Crippen molar-refractivity contribution in [2.45, 2.75) is 25.7 Å². The van der Waals surface area contributed by atoms with E-state index in [9.17, 15) is 0 Å². The zero-order valence-electron chi connectivity index (χ0n) is 12.0. The Morgan fingerprint density at radius 2 is 2.10 bits per heavy atom. The molecular weight excluding hydrogens is 282 g/mol. The van der Waals surface area contributed by atoms with Gasteiger partial charge in [0.25, 0.3) is 0 Å². The number of pyridine rings is 1. The molecule has 0 unspecified atom stereocenters. The van der Waals surface area contributed by atoms with Crippen molar-refractivity contribution in [3.8, 4) is 5.88 Å². The molecule has 0 saturated carbocycles. The van der Waals surface area contributed by atoms with Crippen LogP contribution in [0, 0.1) is 6.92 Å². The molecule has 0 bridgehead atoms. The third-order valence-electron chi connectivity index (χ3n) is 3.97. The molecular formula is C16H17N3OS. The van der Waals surface area contributed by atoms with E-state index < -0.39 is 0 Å². The maximum Gasteiger partial charge on any atom is 0.206 e. The standard InChI is InChI=1S/C16H17N3OS/c1-11-4-5-14(20-11)19-15(12-6-9-21-10-7-12)18-13-3-2-8-17-16(13)19/h2-5,8,12H,6-7,9-10H2,1H3. The lowest BCUT2D eigenvalue weighted by molar-refractivity contribution is 0.495. The Kier molecular flexibility index (Phi) is 3.22. The van der Waals surface area contributed by atoms with Crippen LogP contribution in [0.1, 0.15) is 30.3 Å². The van der Waals surface area contributed by atoms with Crippen LogP contribution in [0.4, 0.5) is 0 Å². The smallest absolute Gasteiger partial charge is 0.206 e. The van der Waals surface area contributed by atoms with E-state index in [4.69, 9.17) is 9.40 Å². The molecule has 0 aromatic carbocycles. The molecule has 4 rings (SSSR count). The largest absolute Gasteiger partial charge is 0.445 e. The minimum Gasteiger partial charge on any atom is -0.445 e. The first-order chi connectivity index (χ1) is 10.3. The van der Waals surface area contributed by atoms with E-state index >= 15 is 0 Å². The van der Waals surface area contributed by atoms with Crippen molar-refractivity contribution < 1.29 is 4.42 Å². The highest BCUT2D eigenvalue weighted by Crippen LogP contribution is 2.34. The Labute approximate surface area is 127 Å². The number of fused-ring (bicyclic) bond motifs is 1. The van der Waals surface area contributed by atoms with Gasteiger partial charge in [0.15, 0.2) is 5.65 Å². The van der Waals surface area contributed by atoms with Gasteiger partial charge in [-0.15, -0.1) is 0 Å². The van der Waals surface area contributed by atoms with Crippen LogP contribution in [0.15, 0.2) is 34.9 Å². The highest BCUT2D eigenvalue weighted by Gasteiger charge is 2.24. The first kappa shape index (κ1) is 13.0. The lowest BCUT2D eigenvalue weighted by Crippen LogP contribution is -2.13. The molecule has 0 spiro atoms. The molecule has 0 aliphatic carbocycles. The van der Waals surface area contributed by atoms with Gasteiger partial charge in [-0.25, -0.2) is 14.5 Å². The second kappa shape index (κ2) is 5.22. The molecule has 4 heterocycles. The maximum atomic E-state index is 5.85. The van der Waals surface area contributed by atoms with Gasteiger partial charge in [0.05, 0.1) is 0 Å². The fraction of sp³-hybridized carbons (Fsp3) is 0.375. The zero-order chi connectivity index (χ0) is 14.2. The first-order valence-corrected chi connectivity index (χ1v) is 8.46. The van der Waals surface area contributed by atoms with Crippen molar-refractivity contribution in [1.29, 1.82) is 0 Å². The van der Waals surface area contributed by atoms with E-state index in [1.54, 1.807) is 0 Å². The van der Waals surface area contributed by atoms with Gasteiger partial charge in [-0.05, 0) is 49.5 Å². The Morgan fingerprint density at radius 3 is 2.86 bits per heavy atom. The Bertz CT molecular complexity index is 771. The zero-order valence-corrected chi connectivity index (χ0v) is 12.8. The highest BCUT2D eigenvalue weighted by atomic mass is 32.2. The molecule has 5 heteroatoms. The molecule has 1 saturated heterocycles. The van der Waals surface area contributed by atoms with Gasteiger partial charge in [0.1, 0.15) is 17.1 Å². The van der Waals surface area contributed by atoms with E-state index in [1.165, 1.54) is 24.3 Å². The molecule has 1 fully saturated rings. The first-order valence-electron chi connectivity index (χ1n) is 7.31. The topological polar surface area (TPSA) is 43.9 Å². The van der Waals surface area contributed by atoms with E-state index in [-0.39, 0.29) is 0 Å². The molecule has 108 valence electrons. The van der Waals surface area contributed by atoms with Crippen molar-refractivity contribution in [1.82, 2.24) is 14.5 Å². The third-order valence-corrected chi connectivity index (χ3v) is 5.02. The predicted octanol–water partition coefficient (Wildman–Crippen LogP) is 3.93. The monoisotopic (exact) mass is 299 g/mol. The molecule has 0 atom stereocenters. The van der Waals surface area contributed by atoms with Gasteiger partial charge < -0.3 is 4.42 Å². The number of hydrogen-bond acceptors (Lipinski definition) is 4. The molecule has 3 aromatic rings. The number of hydrogen-bond donors (Lipinski definition) is 0. The summed E-state index contributed by atoms with van der Waals surface area (Å²) >= 11 is 2.03. The van der Waals surface area contributed by atoms with Crippen molar-refractivity contribution in [2.75, 3.05) is 11.5 Å². The minimum atomic E-state index is 0.492. The molecule has 0 N–H and O–H groups in total. The number of aryl methyl sites for hydroxylation is 1. The molecule has 4 nitrogen and oxygen atoms in total. The molecule has 0 radical (unpaired) electrons. The van der Waals surface area contributed by atoms with Gasteiger partial charge in [-0.3, -0.25) is 0 Å². The number of aromatic nitrogens is 3. The van der Waals surface area contributed by atoms with Crippen LogP contribution in [0.25, 0.3) is 17.0 Å². The van der Waals surface area contributed by atoms with E-state index in [0.717, 1.165) is 28.6 Å². The van der Waals surface area contributed by atoms with Crippen molar-refractivity contribution in [3.63, 3.8) is 0 Å². The van der Waals surface area contributed by atoms with Gasteiger partial charge in [-0.1, -0.05) is 0 Å². The van der Waals surface area contributed by atoms with Crippen LogP contribution in [-0.2, 0) is 0 Å². The number of nitrogens with zero attached hydrogens (tertiary/aromatic N) is 3. The predicted molar refractivity (Wildman–Crippen MR) is 85.2 cm³/mol. The molecule has 1 aliphatic rings. The number of thioether (sulfide) groups is 1. The highest BCUT2D eigenvalue weighted by molar-refractivity contribution is 7.99. The number of imidazole rings is 1. The SMILES string of the molecule is Cc1ccc(-n2c(C3CCSCC3)nc3cccnc32)o1. The number of furan rings is 1. The third kappa shape index (κ3) is 2.25. The van der Waals surface area contributed by atoms with Crippen LogP contribution in [0.5, 0.6) is 0 Å². The summed E-state index contributed by atoms with van der Waals surface area (Å²) in [6, 6.07) is 7.96. The van der Waals surface area contributed by atoms with Crippen LogP contribution in [-0.4, -0.2) is 26.0 Å². The number of rotatable bonds is 2. The quantitative estimate of drug-likeness (QED) is 0.719. The normalized spacial score (nSPS) is 16.6. The summed E-state index contributed by atoms with van der Waals surface area (Å²) in [7, 11) is 0. The second-order valence-corrected chi connectivity index (χ2v) is 6.65. The molecule has 21 heavy (non-hydrogen) atoms. The summed E-state index contributed by atoms with van der Waals surface area (Å²) in [5.74, 6) is 5.73. The van der Waals surface area contributed by atoms with Crippen LogP contribution >= 0.6 is 11.8 Å². The average Bonchev–Trinajstić information content (AvgIpc) is 3.11.